The van der Waals surface area contributed by atoms with Crippen molar-refractivity contribution in [1.29, 1.82) is 0 Å². The fourth-order valence-corrected chi connectivity index (χ4v) is 3.03. The van der Waals surface area contributed by atoms with Crippen molar-refractivity contribution in [3.63, 3.8) is 0 Å². The highest BCUT2D eigenvalue weighted by Crippen LogP contribution is 2.60. The van der Waals surface area contributed by atoms with E-state index in [1.807, 2.05) is 0 Å². The third-order valence-corrected chi connectivity index (χ3v) is 3.61. The molecule has 1 aliphatic carbocycles. The van der Waals surface area contributed by atoms with E-state index in [1.165, 1.54) is 32.4 Å². The summed E-state index contributed by atoms with van der Waals surface area (Å²) in [5, 5.41) is 0. The summed E-state index contributed by atoms with van der Waals surface area (Å²) in [6.45, 7) is 2.83. The molecule has 2 unspecified atom stereocenters. The summed E-state index contributed by atoms with van der Waals surface area (Å²) in [6, 6.07) is 0. The standard InChI is InChI=1S/C8H13N/c1-3-8-6-7(8)2-5-9(8)4-1/h7H,1-6H2. The van der Waals surface area contributed by atoms with Crippen molar-refractivity contribution in [2.24, 2.45) is 5.92 Å². The van der Waals surface area contributed by atoms with Crippen LogP contribution in [-0.2, 0) is 0 Å². The maximum absolute atomic E-state index is 2.73. The van der Waals surface area contributed by atoms with Crippen molar-refractivity contribution in [2.45, 2.75) is 31.2 Å². The largest absolute Gasteiger partial charge is 0.297 e. The van der Waals surface area contributed by atoms with Crippen LogP contribution in [-0.4, -0.2) is 23.5 Å². The molecule has 9 heavy (non-hydrogen) atoms. The minimum absolute atomic E-state index is 0.806. The van der Waals surface area contributed by atoms with Gasteiger partial charge in [-0.2, -0.15) is 0 Å². The Morgan fingerprint density at radius 3 is 3.11 bits per heavy atom. The molecule has 0 aromatic heterocycles. The van der Waals surface area contributed by atoms with Crippen LogP contribution in [0.3, 0.4) is 0 Å². The van der Waals surface area contributed by atoms with Gasteiger partial charge in [-0.05, 0) is 44.7 Å². The first-order valence-corrected chi connectivity index (χ1v) is 4.17. The van der Waals surface area contributed by atoms with Crippen molar-refractivity contribution in [3.8, 4) is 0 Å². The van der Waals surface area contributed by atoms with Crippen LogP contribution in [0, 0.1) is 5.92 Å². The summed E-state index contributed by atoms with van der Waals surface area (Å²) in [7, 11) is 0. The van der Waals surface area contributed by atoms with Crippen LogP contribution < -0.4 is 0 Å². The molecule has 0 bridgehead atoms. The molecule has 3 rings (SSSR count). The van der Waals surface area contributed by atoms with Gasteiger partial charge in [-0.3, -0.25) is 4.90 Å². The van der Waals surface area contributed by atoms with Gasteiger partial charge in [0.2, 0.25) is 0 Å². The second kappa shape index (κ2) is 1.20. The highest BCUT2D eigenvalue weighted by molar-refractivity contribution is 5.18. The molecule has 2 saturated heterocycles. The van der Waals surface area contributed by atoms with Crippen molar-refractivity contribution in [2.75, 3.05) is 13.1 Å². The Labute approximate surface area is 56.0 Å². The molecule has 0 N–H and O–H groups in total. The lowest BCUT2D eigenvalue weighted by atomic mass is 10.1. The Morgan fingerprint density at radius 2 is 2.33 bits per heavy atom. The van der Waals surface area contributed by atoms with Gasteiger partial charge in [0.05, 0.1) is 0 Å². The van der Waals surface area contributed by atoms with Crippen molar-refractivity contribution in [1.82, 2.24) is 4.90 Å². The summed E-state index contributed by atoms with van der Waals surface area (Å²) in [6.07, 6.45) is 6.07. The van der Waals surface area contributed by atoms with Crippen LogP contribution in [0.2, 0.25) is 0 Å². The Bertz CT molecular complexity index is 153. The van der Waals surface area contributed by atoms with Crippen LogP contribution in [0.15, 0.2) is 0 Å². The lowest BCUT2D eigenvalue weighted by Gasteiger charge is -2.17. The summed E-state index contributed by atoms with van der Waals surface area (Å²) in [4.78, 5) is 2.73. The molecule has 3 fully saturated rings. The molecule has 0 aromatic carbocycles. The first-order valence-electron chi connectivity index (χ1n) is 4.17. The molecule has 50 valence electrons. The zero-order valence-electron chi connectivity index (χ0n) is 5.77. The van der Waals surface area contributed by atoms with Gasteiger partial charge in [-0.1, -0.05) is 0 Å². The second-order valence-corrected chi connectivity index (χ2v) is 3.88. The van der Waals surface area contributed by atoms with Gasteiger partial charge in [0.15, 0.2) is 0 Å². The molecule has 1 saturated carbocycles. The number of nitrogens with zero attached hydrogens (tertiary/aromatic N) is 1. The van der Waals surface area contributed by atoms with E-state index in [9.17, 15) is 0 Å². The quantitative estimate of drug-likeness (QED) is 0.468. The van der Waals surface area contributed by atoms with Gasteiger partial charge in [-0.15, -0.1) is 0 Å². The molecular formula is C8H13N. The fourth-order valence-electron chi connectivity index (χ4n) is 3.03. The summed E-state index contributed by atoms with van der Waals surface area (Å²) < 4.78 is 0. The third kappa shape index (κ3) is 0.389. The van der Waals surface area contributed by atoms with E-state index < -0.39 is 0 Å². The van der Waals surface area contributed by atoms with Crippen LogP contribution in [0.5, 0.6) is 0 Å². The number of hydrogen-bond acceptors (Lipinski definition) is 1. The van der Waals surface area contributed by atoms with E-state index in [-0.39, 0.29) is 0 Å². The molecular weight excluding hydrogens is 110 g/mol. The second-order valence-electron chi connectivity index (χ2n) is 3.88. The molecule has 0 radical (unpaired) electrons. The zero-order valence-corrected chi connectivity index (χ0v) is 5.77. The number of piperidine rings is 1. The lowest BCUT2D eigenvalue weighted by molar-refractivity contribution is 0.276. The molecule has 1 heteroatoms. The van der Waals surface area contributed by atoms with Gasteiger partial charge in [0, 0.05) is 5.54 Å². The normalized spacial score (nSPS) is 55.3. The first-order chi connectivity index (χ1) is 4.42. The number of hydrogen-bond donors (Lipinski definition) is 0. The molecule has 1 nitrogen and oxygen atoms in total. The molecule has 3 aliphatic rings. The molecule has 2 atom stereocenters. The fraction of sp³-hybridized carbons (Fsp3) is 1.00. The van der Waals surface area contributed by atoms with E-state index in [4.69, 9.17) is 0 Å². The minimum Gasteiger partial charge on any atom is -0.297 e. The molecule has 1 spiro atoms. The maximum atomic E-state index is 2.73. The summed E-state index contributed by atoms with van der Waals surface area (Å²) >= 11 is 0. The minimum atomic E-state index is 0.806. The van der Waals surface area contributed by atoms with E-state index in [1.54, 1.807) is 6.42 Å². The predicted molar refractivity (Wildman–Crippen MR) is 36.3 cm³/mol. The van der Waals surface area contributed by atoms with Crippen molar-refractivity contribution in [3.05, 3.63) is 0 Å². The maximum Gasteiger partial charge on any atom is 0.0242 e. The van der Waals surface area contributed by atoms with E-state index >= 15 is 0 Å². The Kier molecular flexibility index (Phi) is 0.628. The summed E-state index contributed by atoms with van der Waals surface area (Å²) in [5.74, 6) is 1.14. The number of rotatable bonds is 0. The van der Waals surface area contributed by atoms with Gasteiger partial charge in [0.1, 0.15) is 0 Å². The Morgan fingerprint density at radius 1 is 1.33 bits per heavy atom. The molecule has 0 aromatic rings. The van der Waals surface area contributed by atoms with Crippen molar-refractivity contribution >= 4 is 0 Å². The van der Waals surface area contributed by atoms with Gasteiger partial charge < -0.3 is 0 Å². The molecule has 2 heterocycles. The van der Waals surface area contributed by atoms with Gasteiger partial charge >= 0.3 is 0 Å². The Hall–Kier alpha value is -0.0400. The van der Waals surface area contributed by atoms with Crippen LogP contribution in [0.4, 0.5) is 0 Å². The highest BCUT2D eigenvalue weighted by atomic mass is 15.3. The lowest BCUT2D eigenvalue weighted by Crippen LogP contribution is -2.27. The first kappa shape index (κ1) is 4.73. The summed E-state index contributed by atoms with van der Waals surface area (Å²) in [5.41, 5.74) is 0.806. The van der Waals surface area contributed by atoms with Crippen LogP contribution >= 0.6 is 0 Å². The Balaban J connectivity index is 1.99. The average molecular weight is 123 g/mol. The van der Waals surface area contributed by atoms with E-state index in [0.29, 0.717) is 0 Å². The molecule has 2 aliphatic heterocycles. The van der Waals surface area contributed by atoms with E-state index in [0.717, 1.165) is 11.5 Å². The zero-order chi connectivity index (χ0) is 5.90. The van der Waals surface area contributed by atoms with Gasteiger partial charge in [-0.25, -0.2) is 0 Å². The van der Waals surface area contributed by atoms with Gasteiger partial charge in [0.25, 0.3) is 0 Å². The molecule has 0 amide bonds. The van der Waals surface area contributed by atoms with Crippen LogP contribution in [0.1, 0.15) is 25.7 Å². The average Bonchev–Trinajstić information content (AvgIpc) is 2.30. The smallest absolute Gasteiger partial charge is 0.0242 e. The topological polar surface area (TPSA) is 3.24 Å². The van der Waals surface area contributed by atoms with E-state index in [2.05, 4.69) is 4.90 Å². The monoisotopic (exact) mass is 123 g/mol. The predicted octanol–water partition coefficient (Wildman–Crippen LogP) is 1.24. The SMILES string of the molecule is C1CN2CCC3CC32C1. The van der Waals surface area contributed by atoms with Crippen LogP contribution in [0.25, 0.3) is 0 Å². The van der Waals surface area contributed by atoms with Crippen molar-refractivity contribution < 1.29 is 0 Å². The third-order valence-electron chi connectivity index (χ3n) is 3.61. The highest BCUT2D eigenvalue weighted by Gasteiger charge is 2.62.